The SMILES string of the molecule is O=C(NS(=O)(=O)Cc1ccccc1)C1Oc2ccccc2Cc2ccccc2O1. The highest BCUT2D eigenvalue weighted by atomic mass is 32.2. The van der Waals surface area contributed by atoms with Crippen molar-refractivity contribution in [1.82, 2.24) is 4.72 Å². The molecule has 1 N–H and O–H groups in total. The Kier molecular flexibility index (Phi) is 5.22. The second-order valence-electron chi connectivity index (χ2n) is 6.67. The molecule has 6 nitrogen and oxygen atoms in total. The highest BCUT2D eigenvalue weighted by Crippen LogP contribution is 2.30. The van der Waals surface area contributed by atoms with Gasteiger partial charge in [-0.3, -0.25) is 4.79 Å². The zero-order chi connectivity index (χ0) is 20.3. The Labute approximate surface area is 169 Å². The normalized spacial score (nSPS) is 13.7. The van der Waals surface area contributed by atoms with Gasteiger partial charge in [-0.15, -0.1) is 0 Å². The van der Waals surface area contributed by atoms with Crippen LogP contribution in [0.2, 0.25) is 0 Å². The molecule has 0 bridgehead atoms. The molecule has 0 unspecified atom stereocenters. The predicted molar refractivity (Wildman–Crippen MR) is 108 cm³/mol. The molecule has 0 radical (unpaired) electrons. The Morgan fingerprint density at radius 1 is 0.828 bits per heavy atom. The molecule has 0 aromatic heterocycles. The van der Waals surface area contributed by atoms with Crippen molar-refractivity contribution in [2.75, 3.05) is 0 Å². The van der Waals surface area contributed by atoms with Crippen LogP contribution in [0.1, 0.15) is 16.7 Å². The molecule has 7 heteroatoms. The molecule has 0 fully saturated rings. The van der Waals surface area contributed by atoms with Crippen molar-refractivity contribution >= 4 is 15.9 Å². The second-order valence-corrected chi connectivity index (χ2v) is 8.39. The lowest BCUT2D eigenvalue weighted by Gasteiger charge is -2.25. The molecule has 1 amide bonds. The van der Waals surface area contributed by atoms with E-state index in [1.807, 2.05) is 24.3 Å². The molecule has 3 aromatic carbocycles. The fourth-order valence-electron chi connectivity index (χ4n) is 3.13. The number of para-hydroxylation sites is 2. The van der Waals surface area contributed by atoms with Crippen LogP contribution in [0.4, 0.5) is 0 Å². The largest absolute Gasteiger partial charge is 0.446 e. The number of hydrogen-bond donors (Lipinski definition) is 1. The maximum absolute atomic E-state index is 12.7. The first kappa shape index (κ1) is 19.0. The molecule has 3 aromatic rings. The molecule has 1 heterocycles. The van der Waals surface area contributed by atoms with E-state index in [2.05, 4.69) is 4.72 Å². The van der Waals surface area contributed by atoms with Crippen LogP contribution in [0.25, 0.3) is 0 Å². The van der Waals surface area contributed by atoms with Crippen LogP contribution in [0, 0.1) is 0 Å². The minimum atomic E-state index is -3.92. The molecule has 0 atom stereocenters. The van der Waals surface area contributed by atoms with E-state index in [9.17, 15) is 13.2 Å². The van der Waals surface area contributed by atoms with Gasteiger partial charge in [-0.25, -0.2) is 13.1 Å². The van der Waals surface area contributed by atoms with Crippen molar-refractivity contribution in [3.05, 3.63) is 95.6 Å². The third kappa shape index (κ3) is 4.57. The van der Waals surface area contributed by atoms with E-state index in [0.29, 0.717) is 23.5 Å². The van der Waals surface area contributed by atoms with Gasteiger partial charge in [0.15, 0.2) is 0 Å². The topological polar surface area (TPSA) is 81.7 Å². The summed E-state index contributed by atoms with van der Waals surface area (Å²) in [6.45, 7) is 0. The number of amides is 1. The standard InChI is InChI=1S/C22H19NO5S/c24-21(23-29(25,26)15-16-8-2-1-3-9-16)22-27-19-12-6-4-10-17(19)14-18-11-5-7-13-20(18)28-22/h1-13,22H,14-15H2,(H,23,24). The first-order valence-corrected chi connectivity index (χ1v) is 10.7. The summed E-state index contributed by atoms with van der Waals surface area (Å²) in [5, 5.41) is 0. The van der Waals surface area contributed by atoms with Crippen molar-refractivity contribution in [1.29, 1.82) is 0 Å². The fraction of sp³-hybridized carbons (Fsp3) is 0.136. The van der Waals surface area contributed by atoms with E-state index in [1.165, 1.54) is 0 Å². The number of benzene rings is 3. The van der Waals surface area contributed by atoms with Crippen LogP contribution in [0.15, 0.2) is 78.9 Å². The van der Waals surface area contributed by atoms with Crippen LogP contribution in [-0.4, -0.2) is 20.6 Å². The molecule has 0 spiro atoms. The Hall–Kier alpha value is -3.32. The highest BCUT2D eigenvalue weighted by molar-refractivity contribution is 7.89. The molecular weight excluding hydrogens is 390 g/mol. The molecule has 0 saturated heterocycles. The monoisotopic (exact) mass is 409 g/mol. The van der Waals surface area contributed by atoms with Gasteiger partial charge in [0.1, 0.15) is 11.5 Å². The van der Waals surface area contributed by atoms with E-state index in [4.69, 9.17) is 9.47 Å². The van der Waals surface area contributed by atoms with Crippen molar-refractivity contribution in [2.24, 2.45) is 0 Å². The van der Waals surface area contributed by atoms with E-state index >= 15 is 0 Å². The second kappa shape index (κ2) is 7.97. The lowest BCUT2D eigenvalue weighted by molar-refractivity contribution is -0.138. The van der Waals surface area contributed by atoms with Crippen LogP contribution >= 0.6 is 0 Å². The molecular formula is C22H19NO5S. The van der Waals surface area contributed by atoms with Gasteiger partial charge in [-0.1, -0.05) is 66.7 Å². The Bertz CT molecular complexity index is 1080. The molecule has 29 heavy (non-hydrogen) atoms. The number of nitrogens with one attached hydrogen (secondary N) is 1. The third-order valence-corrected chi connectivity index (χ3v) is 5.69. The Morgan fingerprint density at radius 2 is 1.34 bits per heavy atom. The van der Waals surface area contributed by atoms with E-state index in [-0.39, 0.29) is 5.75 Å². The Balaban J connectivity index is 1.59. The number of rotatable bonds is 4. The maximum Gasteiger partial charge on any atom is 0.322 e. The summed E-state index contributed by atoms with van der Waals surface area (Å²) in [6.07, 6.45) is -0.865. The number of fused-ring (bicyclic) bond motifs is 2. The predicted octanol–water partition coefficient (Wildman–Crippen LogP) is 3.02. The Morgan fingerprint density at radius 3 is 1.93 bits per heavy atom. The van der Waals surface area contributed by atoms with E-state index in [0.717, 1.165) is 11.1 Å². The van der Waals surface area contributed by atoms with Gasteiger partial charge >= 0.3 is 12.2 Å². The smallest absolute Gasteiger partial charge is 0.322 e. The fourth-order valence-corrected chi connectivity index (χ4v) is 4.23. The van der Waals surface area contributed by atoms with Gasteiger partial charge in [0.05, 0.1) is 5.75 Å². The molecule has 4 rings (SSSR count). The summed E-state index contributed by atoms with van der Waals surface area (Å²) >= 11 is 0. The van der Waals surface area contributed by atoms with E-state index < -0.39 is 22.2 Å². The van der Waals surface area contributed by atoms with E-state index in [1.54, 1.807) is 54.6 Å². The first-order chi connectivity index (χ1) is 14.0. The van der Waals surface area contributed by atoms with Gasteiger partial charge in [-0.05, 0) is 28.8 Å². The quantitative estimate of drug-likeness (QED) is 0.716. The number of ether oxygens (including phenoxy) is 2. The minimum absolute atomic E-state index is 0.320. The zero-order valence-corrected chi connectivity index (χ0v) is 16.3. The zero-order valence-electron chi connectivity index (χ0n) is 15.4. The van der Waals surface area contributed by atoms with Gasteiger partial charge < -0.3 is 9.47 Å². The average Bonchev–Trinajstić information content (AvgIpc) is 2.68. The first-order valence-electron chi connectivity index (χ1n) is 9.07. The van der Waals surface area contributed by atoms with Crippen molar-refractivity contribution < 1.29 is 22.7 Å². The summed E-state index contributed by atoms with van der Waals surface area (Å²) in [4.78, 5) is 12.7. The number of carbonyl (C=O) groups is 1. The summed E-state index contributed by atoms with van der Waals surface area (Å²) in [6, 6.07) is 23.2. The minimum Gasteiger partial charge on any atom is -0.446 e. The van der Waals surface area contributed by atoms with Crippen molar-refractivity contribution in [3.8, 4) is 11.5 Å². The molecule has 1 aliphatic rings. The molecule has 1 aliphatic heterocycles. The lowest BCUT2D eigenvalue weighted by Crippen LogP contribution is -2.45. The average molecular weight is 409 g/mol. The summed E-state index contributed by atoms with van der Waals surface area (Å²) in [7, 11) is -3.92. The number of hydrogen-bond acceptors (Lipinski definition) is 5. The van der Waals surface area contributed by atoms with Crippen LogP contribution in [0.3, 0.4) is 0 Å². The van der Waals surface area contributed by atoms with Gasteiger partial charge in [0.25, 0.3) is 0 Å². The van der Waals surface area contributed by atoms with Crippen LogP contribution in [-0.2, 0) is 27.0 Å². The van der Waals surface area contributed by atoms with Gasteiger partial charge in [-0.2, -0.15) is 0 Å². The maximum atomic E-state index is 12.7. The number of carbonyl (C=O) groups excluding carboxylic acids is 1. The molecule has 0 saturated carbocycles. The highest BCUT2D eigenvalue weighted by Gasteiger charge is 2.30. The van der Waals surface area contributed by atoms with Gasteiger partial charge in [0, 0.05) is 6.42 Å². The molecule has 148 valence electrons. The van der Waals surface area contributed by atoms with Gasteiger partial charge in [0.2, 0.25) is 10.0 Å². The van der Waals surface area contributed by atoms with Crippen LogP contribution < -0.4 is 14.2 Å². The summed E-state index contributed by atoms with van der Waals surface area (Å²) in [5.41, 5.74) is 2.34. The summed E-state index contributed by atoms with van der Waals surface area (Å²) in [5.74, 6) is -0.253. The number of sulfonamides is 1. The molecule has 0 aliphatic carbocycles. The van der Waals surface area contributed by atoms with Crippen molar-refractivity contribution in [3.63, 3.8) is 0 Å². The lowest BCUT2D eigenvalue weighted by atomic mass is 10.0. The summed E-state index contributed by atoms with van der Waals surface area (Å²) < 4.78 is 38.5. The van der Waals surface area contributed by atoms with Crippen LogP contribution in [0.5, 0.6) is 11.5 Å². The van der Waals surface area contributed by atoms with Crippen molar-refractivity contribution in [2.45, 2.75) is 18.5 Å². The third-order valence-electron chi connectivity index (χ3n) is 4.46.